The first kappa shape index (κ1) is 12.9. The van der Waals surface area contributed by atoms with Crippen LogP contribution in [0.4, 0.5) is 0 Å². The molecule has 0 radical (unpaired) electrons. The second-order valence-electron chi connectivity index (χ2n) is 5.40. The van der Waals surface area contributed by atoms with Crippen LogP contribution in [-0.4, -0.2) is 15.4 Å². The lowest BCUT2D eigenvalue weighted by molar-refractivity contribution is 0.104. The van der Waals surface area contributed by atoms with Gasteiger partial charge in [0.2, 0.25) is 5.78 Å². The molecule has 4 heteroatoms. The first-order valence-corrected chi connectivity index (χ1v) is 6.61. The van der Waals surface area contributed by atoms with Crippen molar-refractivity contribution in [3.63, 3.8) is 0 Å². The van der Waals surface area contributed by atoms with Crippen LogP contribution in [0.3, 0.4) is 0 Å². The van der Waals surface area contributed by atoms with Crippen LogP contribution in [0.2, 0.25) is 0 Å². The number of carbonyl (C=O) groups excluding carboxylic acids is 1. The van der Waals surface area contributed by atoms with E-state index in [2.05, 4.69) is 9.59 Å². The Bertz CT molecular complexity index is 581. The molecule has 0 unspecified atom stereocenters. The molecular formula is C14H16N2OS. The van der Waals surface area contributed by atoms with Crippen molar-refractivity contribution >= 4 is 17.3 Å². The predicted octanol–water partition coefficient (Wildman–Crippen LogP) is 3.38. The van der Waals surface area contributed by atoms with Crippen molar-refractivity contribution in [1.82, 2.24) is 9.59 Å². The van der Waals surface area contributed by atoms with Crippen LogP contribution in [0.1, 0.15) is 47.3 Å². The van der Waals surface area contributed by atoms with Gasteiger partial charge in [-0.05, 0) is 24.5 Å². The molecule has 0 fully saturated rings. The molecule has 0 saturated carbocycles. The Hall–Kier alpha value is -1.55. The highest BCUT2D eigenvalue weighted by molar-refractivity contribution is 7.08. The number of aryl methyl sites for hydroxylation is 1. The Morgan fingerprint density at radius 2 is 2.00 bits per heavy atom. The number of carbonyl (C=O) groups is 1. The fourth-order valence-electron chi connectivity index (χ4n) is 1.75. The number of ketones is 1. The average Bonchev–Trinajstić information content (AvgIpc) is 2.76. The highest BCUT2D eigenvalue weighted by atomic mass is 32.1. The maximum atomic E-state index is 12.5. The summed E-state index contributed by atoms with van der Waals surface area (Å²) in [5.74, 6) is 0.0126. The van der Waals surface area contributed by atoms with Crippen LogP contribution in [-0.2, 0) is 5.41 Å². The van der Waals surface area contributed by atoms with Gasteiger partial charge < -0.3 is 0 Å². The van der Waals surface area contributed by atoms with Gasteiger partial charge in [-0.15, -0.1) is 5.10 Å². The molecular weight excluding hydrogens is 244 g/mol. The van der Waals surface area contributed by atoms with E-state index in [9.17, 15) is 4.79 Å². The van der Waals surface area contributed by atoms with Crippen LogP contribution in [0.5, 0.6) is 0 Å². The van der Waals surface area contributed by atoms with E-state index >= 15 is 0 Å². The molecule has 2 aromatic rings. The number of aromatic nitrogens is 2. The van der Waals surface area contributed by atoms with Crippen LogP contribution in [0, 0.1) is 6.92 Å². The summed E-state index contributed by atoms with van der Waals surface area (Å²) in [4.78, 5) is 13.1. The third-order valence-corrected chi connectivity index (χ3v) is 3.41. The van der Waals surface area contributed by atoms with Crippen molar-refractivity contribution in [2.45, 2.75) is 33.1 Å². The molecule has 2 rings (SSSR count). The van der Waals surface area contributed by atoms with Gasteiger partial charge in [0.1, 0.15) is 4.88 Å². The summed E-state index contributed by atoms with van der Waals surface area (Å²) in [5, 5.41) is 4.10. The summed E-state index contributed by atoms with van der Waals surface area (Å²) in [6.45, 7) is 8.09. The minimum Gasteiger partial charge on any atom is -0.288 e. The summed E-state index contributed by atoms with van der Waals surface area (Å²) in [6, 6.07) is 7.61. The van der Waals surface area contributed by atoms with Crippen molar-refractivity contribution in [2.75, 3.05) is 0 Å². The molecule has 0 N–H and O–H groups in total. The standard InChI is InChI=1S/C14H16N2OS/c1-9-6-5-7-10(8-9)11(17)12-13(14(2,3)4)15-16-18-12/h5-8H,1-4H3. The Morgan fingerprint density at radius 1 is 1.28 bits per heavy atom. The third-order valence-electron chi connectivity index (χ3n) is 2.68. The van der Waals surface area contributed by atoms with Crippen molar-refractivity contribution in [1.29, 1.82) is 0 Å². The van der Waals surface area contributed by atoms with Crippen molar-refractivity contribution in [2.24, 2.45) is 0 Å². The van der Waals surface area contributed by atoms with Crippen molar-refractivity contribution < 1.29 is 4.79 Å². The van der Waals surface area contributed by atoms with Gasteiger partial charge in [-0.25, -0.2) is 0 Å². The number of rotatable bonds is 2. The zero-order valence-corrected chi connectivity index (χ0v) is 11.8. The molecule has 0 saturated heterocycles. The molecule has 0 spiro atoms. The molecule has 0 aliphatic heterocycles. The van der Waals surface area contributed by atoms with Crippen LogP contribution in [0.15, 0.2) is 24.3 Å². The van der Waals surface area contributed by atoms with Crippen LogP contribution >= 0.6 is 11.5 Å². The first-order chi connectivity index (χ1) is 8.39. The molecule has 1 aromatic heterocycles. The zero-order chi connectivity index (χ0) is 13.3. The first-order valence-electron chi connectivity index (χ1n) is 5.84. The summed E-state index contributed by atoms with van der Waals surface area (Å²) in [7, 11) is 0. The minimum atomic E-state index is -0.165. The monoisotopic (exact) mass is 260 g/mol. The number of benzene rings is 1. The normalized spacial score (nSPS) is 11.6. The van der Waals surface area contributed by atoms with E-state index in [1.165, 1.54) is 11.5 Å². The highest BCUT2D eigenvalue weighted by Gasteiger charge is 2.26. The fourth-order valence-corrected chi connectivity index (χ4v) is 2.59. The highest BCUT2D eigenvalue weighted by Crippen LogP contribution is 2.27. The molecule has 0 aliphatic rings. The maximum Gasteiger partial charge on any atom is 0.206 e. The second kappa shape index (κ2) is 4.61. The maximum absolute atomic E-state index is 12.5. The van der Waals surface area contributed by atoms with E-state index in [-0.39, 0.29) is 11.2 Å². The molecule has 3 nitrogen and oxygen atoms in total. The smallest absolute Gasteiger partial charge is 0.206 e. The van der Waals surface area contributed by atoms with Gasteiger partial charge in [-0.2, -0.15) is 0 Å². The van der Waals surface area contributed by atoms with Crippen molar-refractivity contribution in [3.05, 3.63) is 46.0 Å². The summed E-state index contributed by atoms with van der Waals surface area (Å²) >= 11 is 1.17. The summed E-state index contributed by atoms with van der Waals surface area (Å²) in [6.07, 6.45) is 0. The molecule has 0 bridgehead atoms. The van der Waals surface area contributed by atoms with Crippen molar-refractivity contribution in [3.8, 4) is 0 Å². The lowest BCUT2D eigenvalue weighted by atomic mass is 9.90. The Kier molecular flexibility index (Phi) is 3.30. The molecule has 1 aromatic carbocycles. The van der Waals surface area contributed by atoms with E-state index in [4.69, 9.17) is 0 Å². The number of hydrogen-bond donors (Lipinski definition) is 0. The Labute approximate surface area is 111 Å². The minimum absolute atomic E-state index is 0.0126. The SMILES string of the molecule is Cc1cccc(C(=O)c2snnc2C(C)(C)C)c1. The van der Waals surface area contributed by atoms with Crippen LogP contribution in [0.25, 0.3) is 0 Å². The molecule has 18 heavy (non-hydrogen) atoms. The quantitative estimate of drug-likeness (QED) is 0.777. The van der Waals surface area contributed by atoms with Gasteiger partial charge in [0.15, 0.2) is 0 Å². The molecule has 94 valence electrons. The summed E-state index contributed by atoms with van der Waals surface area (Å²) < 4.78 is 3.93. The van der Waals surface area contributed by atoms with Gasteiger partial charge in [-0.3, -0.25) is 4.79 Å². The predicted molar refractivity (Wildman–Crippen MR) is 73.2 cm³/mol. The largest absolute Gasteiger partial charge is 0.288 e. The Balaban J connectivity index is 2.45. The topological polar surface area (TPSA) is 42.9 Å². The lowest BCUT2D eigenvalue weighted by Crippen LogP contribution is -2.16. The molecule has 0 atom stereocenters. The van der Waals surface area contributed by atoms with E-state index in [1.54, 1.807) is 0 Å². The van der Waals surface area contributed by atoms with E-state index < -0.39 is 0 Å². The zero-order valence-electron chi connectivity index (χ0n) is 11.0. The lowest BCUT2D eigenvalue weighted by Gasteiger charge is -2.15. The van der Waals surface area contributed by atoms with E-state index in [1.807, 2.05) is 52.0 Å². The molecule has 0 aliphatic carbocycles. The Morgan fingerprint density at radius 3 is 2.61 bits per heavy atom. The number of hydrogen-bond acceptors (Lipinski definition) is 4. The van der Waals surface area contributed by atoms with Gasteiger partial charge in [0, 0.05) is 11.0 Å². The fraction of sp³-hybridized carbons (Fsp3) is 0.357. The van der Waals surface area contributed by atoms with Gasteiger partial charge in [0.05, 0.1) is 5.69 Å². The van der Waals surface area contributed by atoms with Gasteiger partial charge >= 0.3 is 0 Å². The number of nitrogens with zero attached hydrogens (tertiary/aromatic N) is 2. The van der Waals surface area contributed by atoms with E-state index in [0.29, 0.717) is 10.4 Å². The second-order valence-corrected chi connectivity index (χ2v) is 6.15. The third kappa shape index (κ3) is 2.48. The summed E-state index contributed by atoms with van der Waals surface area (Å²) in [5.41, 5.74) is 2.39. The average molecular weight is 260 g/mol. The molecule has 0 amide bonds. The molecule has 1 heterocycles. The van der Waals surface area contributed by atoms with E-state index in [0.717, 1.165) is 11.3 Å². The van der Waals surface area contributed by atoms with Gasteiger partial charge in [0.25, 0.3) is 0 Å². The van der Waals surface area contributed by atoms with Gasteiger partial charge in [-0.1, -0.05) is 49.0 Å². The van der Waals surface area contributed by atoms with Crippen LogP contribution < -0.4 is 0 Å².